The molecular weight excluding hydrogens is 306 g/mol. The number of hydrogen-bond donors (Lipinski definition) is 0. The fourth-order valence-corrected chi connectivity index (χ4v) is 3.93. The van der Waals surface area contributed by atoms with E-state index in [1.807, 2.05) is 24.3 Å². The molecule has 5 heteroatoms. The van der Waals surface area contributed by atoms with Crippen LogP contribution >= 0.6 is 11.6 Å². The van der Waals surface area contributed by atoms with Gasteiger partial charge in [-0.15, -0.1) is 11.6 Å². The molecule has 0 N–H and O–H groups in total. The highest BCUT2D eigenvalue weighted by molar-refractivity contribution is 7.88. The molecule has 0 heterocycles. The number of rotatable bonds is 10. The van der Waals surface area contributed by atoms with Crippen molar-refractivity contribution < 1.29 is 8.42 Å². The van der Waals surface area contributed by atoms with Crippen molar-refractivity contribution in [3.05, 3.63) is 35.4 Å². The molecule has 1 aromatic carbocycles. The van der Waals surface area contributed by atoms with E-state index in [2.05, 4.69) is 13.8 Å². The summed E-state index contributed by atoms with van der Waals surface area (Å²) >= 11 is 5.81. The number of alkyl halides is 1. The lowest BCUT2D eigenvalue weighted by molar-refractivity contribution is 0.394. The summed E-state index contributed by atoms with van der Waals surface area (Å²) in [6.45, 7) is 5.39. The largest absolute Gasteiger partial charge is 0.218 e. The van der Waals surface area contributed by atoms with Gasteiger partial charge in [0.25, 0.3) is 0 Å². The van der Waals surface area contributed by atoms with Crippen LogP contribution in [-0.2, 0) is 21.7 Å². The Balaban J connectivity index is 2.83. The highest BCUT2D eigenvalue weighted by atomic mass is 35.5. The van der Waals surface area contributed by atoms with Crippen LogP contribution in [-0.4, -0.2) is 25.8 Å². The monoisotopic (exact) mass is 331 g/mol. The van der Waals surface area contributed by atoms with Crippen molar-refractivity contribution in [2.45, 2.75) is 51.2 Å². The predicted octanol–water partition coefficient (Wildman–Crippen LogP) is 4.16. The molecule has 0 fully saturated rings. The molecule has 0 aliphatic rings. The molecule has 1 rings (SSSR count). The predicted molar refractivity (Wildman–Crippen MR) is 90.0 cm³/mol. The fraction of sp³-hybridized carbons (Fsp3) is 0.625. The molecule has 0 aliphatic heterocycles. The molecule has 0 saturated carbocycles. The molecule has 120 valence electrons. The van der Waals surface area contributed by atoms with E-state index in [-0.39, 0.29) is 5.75 Å². The summed E-state index contributed by atoms with van der Waals surface area (Å²) in [5, 5.41) is 0. The minimum Gasteiger partial charge on any atom is -0.212 e. The van der Waals surface area contributed by atoms with Crippen LogP contribution in [0.15, 0.2) is 24.3 Å². The normalized spacial score (nSPS) is 12.0. The maximum Gasteiger partial charge on any atom is 0.218 e. The summed E-state index contributed by atoms with van der Waals surface area (Å²) < 4.78 is 26.9. The molecule has 3 nitrogen and oxygen atoms in total. The summed E-state index contributed by atoms with van der Waals surface area (Å²) in [4.78, 5) is 0. The van der Waals surface area contributed by atoms with E-state index in [0.717, 1.165) is 36.8 Å². The highest BCUT2D eigenvalue weighted by Crippen LogP contribution is 2.15. The molecule has 0 bridgehead atoms. The van der Waals surface area contributed by atoms with Gasteiger partial charge in [-0.05, 0) is 24.0 Å². The lowest BCUT2D eigenvalue weighted by atomic mass is 10.2. The quantitative estimate of drug-likeness (QED) is 0.604. The first kappa shape index (κ1) is 18.5. The zero-order valence-electron chi connectivity index (χ0n) is 13.0. The van der Waals surface area contributed by atoms with Gasteiger partial charge in [0.05, 0.1) is 5.75 Å². The van der Waals surface area contributed by atoms with Crippen LogP contribution in [0.2, 0.25) is 0 Å². The molecule has 0 aliphatic carbocycles. The maximum atomic E-state index is 12.6. The first-order valence-corrected chi connectivity index (χ1v) is 9.79. The van der Waals surface area contributed by atoms with E-state index < -0.39 is 10.0 Å². The van der Waals surface area contributed by atoms with Gasteiger partial charge in [0.2, 0.25) is 10.0 Å². The van der Waals surface area contributed by atoms with Crippen molar-refractivity contribution >= 4 is 21.6 Å². The third-order valence-corrected chi connectivity index (χ3v) is 5.57. The van der Waals surface area contributed by atoms with E-state index in [0.29, 0.717) is 19.0 Å². The third kappa shape index (κ3) is 6.37. The Morgan fingerprint density at radius 2 is 1.62 bits per heavy atom. The third-order valence-electron chi connectivity index (χ3n) is 3.41. The smallest absolute Gasteiger partial charge is 0.212 e. The summed E-state index contributed by atoms with van der Waals surface area (Å²) in [5.41, 5.74) is 1.77. The first-order valence-electron chi connectivity index (χ1n) is 7.65. The van der Waals surface area contributed by atoms with Crippen molar-refractivity contribution in [2.75, 3.05) is 13.1 Å². The molecule has 0 unspecified atom stereocenters. The number of unbranched alkanes of at least 4 members (excludes halogenated alkanes) is 2. The lowest BCUT2D eigenvalue weighted by Gasteiger charge is -2.22. The van der Waals surface area contributed by atoms with Gasteiger partial charge in [0.1, 0.15) is 0 Å². The second-order valence-corrected chi connectivity index (χ2v) is 7.55. The van der Waals surface area contributed by atoms with Crippen molar-refractivity contribution in [3.8, 4) is 0 Å². The SMILES string of the molecule is CCCCN(CCCC)S(=O)(=O)Cc1cccc(CCl)c1. The van der Waals surface area contributed by atoms with Crippen LogP contribution in [0, 0.1) is 0 Å². The minimum absolute atomic E-state index is 0.0607. The Morgan fingerprint density at radius 3 is 2.14 bits per heavy atom. The molecular formula is C16H26ClNO2S. The van der Waals surface area contributed by atoms with Crippen molar-refractivity contribution in [2.24, 2.45) is 0 Å². The molecule has 0 atom stereocenters. The summed E-state index contributed by atoms with van der Waals surface area (Å²) in [6.07, 6.45) is 3.81. The van der Waals surface area contributed by atoms with Crippen LogP contribution in [0.4, 0.5) is 0 Å². The lowest BCUT2D eigenvalue weighted by Crippen LogP contribution is -2.34. The first-order chi connectivity index (χ1) is 10.0. The average Bonchev–Trinajstić information content (AvgIpc) is 2.46. The van der Waals surface area contributed by atoms with Crippen molar-refractivity contribution in [1.29, 1.82) is 0 Å². The minimum atomic E-state index is -3.25. The molecule has 0 amide bonds. The molecule has 0 aromatic heterocycles. The van der Waals surface area contributed by atoms with Crippen LogP contribution in [0.25, 0.3) is 0 Å². The Labute approximate surface area is 134 Å². The van der Waals surface area contributed by atoms with E-state index >= 15 is 0 Å². The Morgan fingerprint density at radius 1 is 1.05 bits per heavy atom. The van der Waals surface area contributed by atoms with Crippen LogP contribution in [0.5, 0.6) is 0 Å². The average molecular weight is 332 g/mol. The molecule has 1 aromatic rings. The van der Waals surface area contributed by atoms with Gasteiger partial charge in [-0.2, -0.15) is 0 Å². The van der Waals surface area contributed by atoms with Crippen LogP contribution in [0.3, 0.4) is 0 Å². The van der Waals surface area contributed by atoms with E-state index in [1.165, 1.54) is 0 Å². The van der Waals surface area contributed by atoms with Crippen LogP contribution in [0.1, 0.15) is 50.7 Å². The second-order valence-electron chi connectivity index (χ2n) is 5.32. The Kier molecular flexibility index (Phi) is 8.30. The van der Waals surface area contributed by atoms with Gasteiger partial charge in [-0.1, -0.05) is 51.0 Å². The van der Waals surface area contributed by atoms with E-state index in [1.54, 1.807) is 4.31 Å². The van der Waals surface area contributed by atoms with Gasteiger partial charge < -0.3 is 0 Å². The summed E-state index contributed by atoms with van der Waals surface area (Å²) in [5.74, 6) is 0.467. The fourth-order valence-electron chi connectivity index (χ4n) is 2.16. The van der Waals surface area contributed by atoms with E-state index in [9.17, 15) is 8.42 Å². The maximum absolute atomic E-state index is 12.6. The zero-order chi connectivity index (χ0) is 15.7. The van der Waals surface area contributed by atoms with E-state index in [4.69, 9.17) is 11.6 Å². The topological polar surface area (TPSA) is 37.4 Å². The van der Waals surface area contributed by atoms with Gasteiger partial charge in [0, 0.05) is 19.0 Å². The van der Waals surface area contributed by atoms with Gasteiger partial charge >= 0.3 is 0 Å². The van der Waals surface area contributed by atoms with Crippen molar-refractivity contribution in [3.63, 3.8) is 0 Å². The van der Waals surface area contributed by atoms with Crippen LogP contribution < -0.4 is 0 Å². The standard InChI is InChI=1S/C16H26ClNO2S/c1-3-5-10-18(11-6-4-2)21(19,20)14-16-9-7-8-15(12-16)13-17/h7-9,12H,3-6,10-11,13-14H2,1-2H3. The number of nitrogens with zero attached hydrogens (tertiary/aromatic N) is 1. The highest BCUT2D eigenvalue weighted by Gasteiger charge is 2.21. The number of halogens is 1. The number of hydrogen-bond acceptors (Lipinski definition) is 2. The van der Waals surface area contributed by atoms with Crippen molar-refractivity contribution in [1.82, 2.24) is 4.31 Å². The van der Waals surface area contributed by atoms with Gasteiger partial charge in [-0.25, -0.2) is 12.7 Å². The Bertz CT molecular complexity index is 509. The summed E-state index contributed by atoms with van der Waals surface area (Å²) in [6, 6.07) is 7.51. The van der Waals surface area contributed by atoms with Gasteiger partial charge in [0.15, 0.2) is 0 Å². The molecule has 0 spiro atoms. The zero-order valence-corrected chi connectivity index (χ0v) is 14.6. The Hall–Kier alpha value is -0.580. The number of benzene rings is 1. The summed E-state index contributed by atoms with van der Waals surface area (Å²) in [7, 11) is -3.25. The molecule has 0 radical (unpaired) electrons. The number of sulfonamides is 1. The molecule has 21 heavy (non-hydrogen) atoms. The molecule has 0 saturated heterocycles. The second kappa shape index (κ2) is 9.44. The van der Waals surface area contributed by atoms with Gasteiger partial charge in [-0.3, -0.25) is 0 Å².